The van der Waals surface area contributed by atoms with Crippen LogP contribution in [0.25, 0.3) is 21.5 Å². The molecule has 4 rings (SSSR count). The first-order chi connectivity index (χ1) is 14.0. The second-order valence-electron chi connectivity index (χ2n) is 6.95. The lowest BCUT2D eigenvalue weighted by molar-refractivity contribution is -0.194. The minimum Gasteiger partial charge on any atom is -0.508 e. The van der Waals surface area contributed by atoms with Crippen LogP contribution in [0.15, 0.2) is 72.8 Å². The number of carbonyl (C=O) groups is 1. The third-order valence-electron chi connectivity index (χ3n) is 4.96. The van der Waals surface area contributed by atoms with Gasteiger partial charge in [-0.2, -0.15) is 0 Å². The van der Waals surface area contributed by atoms with Gasteiger partial charge in [-0.3, -0.25) is 4.79 Å². The van der Waals surface area contributed by atoms with Crippen LogP contribution in [0, 0.1) is 0 Å². The summed E-state index contributed by atoms with van der Waals surface area (Å²) in [6.07, 6.45) is 0. The molecular weight excluding hydrogens is 366 g/mol. The van der Waals surface area contributed by atoms with Crippen molar-refractivity contribution in [2.24, 2.45) is 0 Å². The number of phenols is 2. The first-order valence-electron chi connectivity index (χ1n) is 9.35. The lowest BCUT2D eigenvalue weighted by Crippen LogP contribution is -2.26. The highest BCUT2D eigenvalue weighted by molar-refractivity contribution is 5.88. The lowest BCUT2D eigenvalue weighted by atomic mass is 10.0. The van der Waals surface area contributed by atoms with Gasteiger partial charge < -0.3 is 15.1 Å². The van der Waals surface area contributed by atoms with Gasteiger partial charge in [-0.1, -0.05) is 60.7 Å². The third kappa shape index (κ3) is 3.86. The first-order valence-corrected chi connectivity index (χ1v) is 9.35. The van der Waals surface area contributed by atoms with Gasteiger partial charge in [-0.25, -0.2) is 0 Å². The van der Waals surface area contributed by atoms with Crippen LogP contribution < -0.4 is 0 Å². The van der Waals surface area contributed by atoms with E-state index >= 15 is 0 Å². The van der Waals surface area contributed by atoms with E-state index in [9.17, 15) is 15.0 Å². The summed E-state index contributed by atoms with van der Waals surface area (Å²) in [6, 6.07) is 22.4. The molecule has 146 valence electrons. The number of phenolic OH excluding ortho intramolecular Hbond substituents is 2. The fraction of sp³-hybridized carbons (Fsp3) is 0.125. The molecule has 2 N–H and O–H groups in total. The molecule has 4 aromatic rings. The maximum Gasteiger partial charge on any atom is 0.322 e. The smallest absolute Gasteiger partial charge is 0.322 e. The van der Waals surface area contributed by atoms with Crippen LogP contribution in [0.1, 0.15) is 18.1 Å². The number of hydroxylamine groups is 2. The molecule has 0 bridgehead atoms. The normalized spacial score (nSPS) is 11.2. The molecule has 0 fully saturated rings. The average Bonchev–Trinajstić information content (AvgIpc) is 2.71. The van der Waals surface area contributed by atoms with Crippen LogP contribution in [0.3, 0.4) is 0 Å². The molecular formula is C24H21NO4. The topological polar surface area (TPSA) is 70.0 Å². The Hall–Kier alpha value is -3.57. The van der Waals surface area contributed by atoms with Crippen LogP contribution >= 0.6 is 0 Å². The summed E-state index contributed by atoms with van der Waals surface area (Å²) in [5.74, 6) is -0.213. The second kappa shape index (κ2) is 7.81. The number of hydrogen-bond donors (Lipinski definition) is 2. The van der Waals surface area contributed by atoms with Crippen molar-refractivity contribution >= 4 is 27.5 Å². The SMILES string of the molecule is CC(=O)ON(Cc1c(O)ccc2ccccc12)Cc1c(O)ccc2ccccc12. The number of benzene rings is 4. The highest BCUT2D eigenvalue weighted by atomic mass is 16.7. The molecule has 0 aliphatic carbocycles. The predicted molar refractivity (Wildman–Crippen MR) is 112 cm³/mol. The minimum absolute atomic E-state index is 0.128. The summed E-state index contributed by atoms with van der Waals surface area (Å²) < 4.78 is 0. The Morgan fingerprint density at radius 2 is 1.21 bits per heavy atom. The van der Waals surface area contributed by atoms with E-state index in [0.717, 1.165) is 21.5 Å². The van der Waals surface area contributed by atoms with Crippen molar-refractivity contribution in [3.05, 3.63) is 83.9 Å². The Kier molecular flexibility index (Phi) is 5.06. The molecule has 0 spiro atoms. The van der Waals surface area contributed by atoms with E-state index in [1.54, 1.807) is 12.1 Å². The highest BCUT2D eigenvalue weighted by Crippen LogP contribution is 2.32. The van der Waals surface area contributed by atoms with Gasteiger partial charge in [0.25, 0.3) is 0 Å². The average molecular weight is 387 g/mol. The minimum atomic E-state index is -0.468. The fourth-order valence-electron chi connectivity index (χ4n) is 3.64. The zero-order valence-corrected chi connectivity index (χ0v) is 16.0. The van der Waals surface area contributed by atoms with Crippen LogP contribution in [0.2, 0.25) is 0 Å². The third-order valence-corrected chi connectivity index (χ3v) is 4.96. The van der Waals surface area contributed by atoms with Crippen molar-refractivity contribution in [2.45, 2.75) is 20.0 Å². The number of rotatable bonds is 5. The van der Waals surface area contributed by atoms with Crippen LogP contribution in [0.4, 0.5) is 0 Å². The maximum atomic E-state index is 11.7. The summed E-state index contributed by atoms with van der Waals surface area (Å²) >= 11 is 0. The molecule has 4 aromatic carbocycles. The van der Waals surface area contributed by atoms with Gasteiger partial charge in [0.15, 0.2) is 0 Å². The van der Waals surface area contributed by atoms with Gasteiger partial charge in [0.05, 0.1) is 13.1 Å². The molecule has 29 heavy (non-hydrogen) atoms. The number of aromatic hydroxyl groups is 2. The Balaban J connectivity index is 1.75. The van der Waals surface area contributed by atoms with Crippen LogP contribution in [-0.4, -0.2) is 21.2 Å². The molecule has 5 heteroatoms. The van der Waals surface area contributed by atoms with Gasteiger partial charge in [-0.15, -0.1) is 5.06 Å². The van der Waals surface area contributed by atoms with E-state index in [0.29, 0.717) is 11.1 Å². The number of carbonyl (C=O) groups excluding carboxylic acids is 1. The molecule has 0 aliphatic rings. The molecule has 0 aliphatic heterocycles. The number of hydrogen-bond acceptors (Lipinski definition) is 5. The summed E-state index contributed by atoms with van der Waals surface area (Å²) in [5.41, 5.74) is 1.31. The summed E-state index contributed by atoms with van der Waals surface area (Å²) in [4.78, 5) is 17.2. The standard InChI is InChI=1S/C24H21NO4/c1-16(26)29-25(14-21-19-8-4-2-6-17(19)10-12-23(21)27)15-22-20-9-5-3-7-18(20)11-13-24(22)28/h2-13,27-28H,14-15H2,1H3. The molecule has 0 atom stereocenters. The molecule has 0 radical (unpaired) electrons. The molecule has 5 nitrogen and oxygen atoms in total. The van der Waals surface area contributed by atoms with Crippen molar-refractivity contribution in [3.8, 4) is 11.5 Å². The molecule has 0 aromatic heterocycles. The van der Waals surface area contributed by atoms with E-state index in [-0.39, 0.29) is 24.6 Å². The molecule has 0 heterocycles. The molecule has 0 saturated carbocycles. The van der Waals surface area contributed by atoms with E-state index < -0.39 is 5.97 Å². The van der Waals surface area contributed by atoms with Crippen LogP contribution in [0.5, 0.6) is 11.5 Å². The highest BCUT2D eigenvalue weighted by Gasteiger charge is 2.18. The maximum absolute atomic E-state index is 11.7. The Morgan fingerprint density at radius 3 is 1.66 bits per heavy atom. The number of nitrogens with zero attached hydrogens (tertiary/aromatic N) is 1. The van der Waals surface area contributed by atoms with E-state index in [4.69, 9.17) is 4.84 Å². The second-order valence-corrected chi connectivity index (χ2v) is 6.95. The van der Waals surface area contributed by atoms with Crippen molar-refractivity contribution in [1.82, 2.24) is 5.06 Å². The Morgan fingerprint density at radius 1 is 0.759 bits per heavy atom. The predicted octanol–water partition coefficient (Wildman–Crippen LogP) is 4.88. The summed E-state index contributed by atoms with van der Waals surface area (Å²) in [6.45, 7) is 1.68. The molecule has 0 unspecified atom stereocenters. The van der Waals surface area contributed by atoms with Gasteiger partial charge in [0.1, 0.15) is 11.5 Å². The number of fused-ring (bicyclic) bond motifs is 2. The Labute approximate surface area is 168 Å². The Bertz CT molecular complexity index is 1110. The van der Waals surface area contributed by atoms with Gasteiger partial charge in [0.2, 0.25) is 0 Å². The first kappa shape index (κ1) is 18.8. The van der Waals surface area contributed by atoms with Gasteiger partial charge >= 0.3 is 5.97 Å². The lowest BCUT2D eigenvalue weighted by Gasteiger charge is -2.23. The monoisotopic (exact) mass is 387 g/mol. The summed E-state index contributed by atoms with van der Waals surface area (Å²) in [7, 11) is 0. The van der Waals surface area contributed by atoms with E-state index in [2.05, 4.69) is 0 Å². The van der Waals surface area contributed by atoms with Crippen molar-refractivity contribution < 1.29 is 19.8 Å². The molecule has 0 amide bonds. The van der Waals surface area contributed by atoms with Crippen LogP contribution in [-0.2, 0) is 22.7 Å². The van der Waals surface area contributed by atoms with Crippen molar-refractivity contribution in [3.63, 3.8) is 0 Å². The zero-order valence-electron chi connectivity index (χ0n) is 16.0. The quantitative estimate of drug-likeness (QED) is 0.478. The largest absolute Gasteiger partial charge is 0.508 e. The van der Waals surface area contributed by atoms with E-state index in [1.807, 2.05) is 60.7 Å². The van der Waals surface area contributed by atoms with Gasteiger partial charge in [-0.05, 0) is 33.7 Å². The molecule has 0 saturated heterocycles. The van der Waals surface area contributed by atoms with Gasteiger partial charge in [0, 0.05) is 18.1 Å². The zero-order chi connectivity index (χ0) is 20.4. The van der Waals surface area contributed by atoms with E-state index in [1.165, 1.54) is 12.0 Å². The summed E-state index contributed by atoms with van der Waals surface area (Å²) in [5, 5.41) is 26.1. The van der Waals surface area contributed by atoms with Crippen molar-refractivity contribution in [2.75, 3.05) is 0 Å². The van der Waals surface area contributed by atoms with Crippen molar-refractivity contribution in [1.29, 1.82) is 0 Å². The fourth-order valence-corrected chi connectivity index (χ4v) is 3.64.